The number of carbonyl (C=O) groups excluding carboxylic acids is 1. The summed E-state index contributed by atoms with van der Waals surface area (Å²) in [5.41, 5.74) is 0.176. The molecule has 0 spiro atoms. The van der Waals surface area contributed by atoms with Gasteiger partial charge in [0, 0.05) is 31.9 Å². The first-order valence-corrected chi connectivity index (χ1v) is 11.8. The fourth-order valence-electron chi connectivity index (χ4n) is 6.00. The van der Waals surface area contributed by atoms with Crippen LogP contribution in [-0.4, -0.2) is 61.0 Å². The average Bonchev–Trinajstić information content (AvgIpc) is 2.94. The lowest BCUT2D eigenvalue weighted by Crippen LogP contribution is -2.71. The topological polar surface area (TPSA) is 42.0 Å². The molecule has 1 aromatic rings. The minimum atomic E-state index is -1.02. The van der Waals surface area contributed by atoms with Crippen molar-refractivity contribution in [1.29, 1.82) is 0 Å². The van der Waals surface area contributed by atoms with Crippen molar-refractivity contribution in [1.82, 2.24) is 4.90 Å². The van der Waals surface area contributed by atoms with Crippen molar-refractivity contribution in [3.05, 3.63) is 24.3 Å². The van der Waals surface area contributed by atoms with E-state index in [0.717, 1.165) is 37.1 Å². The third kappa shape index (κ3) is 3.31. The number of rotatable bonds is 5. The molecule has 2 saturated heterocycles. The number of hydrogen-bond donors (Lipinski definition) is 0. The van der Waals surface area contributed by atoms with Gasteiger partial charge in [-0.25, -0.2) is 4.39 Å². The Morgan fingerprint density at radius 1 is 1.03 bits per heavy atom. The number of halogens is 1. The van der Waals surface area contributed by atoms with Crippen molar-refractivity contribution < 1.29 is 18.5 Å². The van der Waals surface area contributed by atoms with Gasteiger partial charge in [0.15, 0.2) is 0 Å². The average molecular weight is 428 g/mol. The highest BCUT2D eigenvalue weighted by molar-refractivity contribution is 6.62. The maximum atomic E-state index is 13.8. The number of carbonyl (C=O) groups is 1. The maximum absolute atomic E-state index is 13.8. The quantitative estimate of drug-likeness (QED) is 0.675. The molecule has 2 bridgehead atoms. The summed E-state index contributed by atoms with van der Waals surface area (Å²) in [6.07, 6.45) is 3.35. The molecular weight excluding hydrogens is 394 g/mol. The molecule has 3 saturated carbocycles. The predicted molar refractivity (Wildman–Crippen MR) is 120 cm³/mol. The summed E-state index contributed by atoms with van der Waals surface area (Å²) in [6, 6.07) is 8.42. The Labute approximate surface area is 185 Å². The standard InChI is InChI=1S/C24H34BFN2O3/c1-5-10-22(4)21(2,3)30-25(31-22)18-6-8-19(9-7-18)27-11-13-28(14-12-27)20(29)23-15-24(26,16-23)17-23/h6-9H,5,10-17H2,1-4H3. The summed E-state index contributed by atoms with van der Waals surface area (Å²) in [7, 11) is -0.345. The minimum absolute atomic E-state index is 0.176. The zero-order valence-corrected chi connectivity index (χ0v) is 19.2. The van der Waals surface area contributed by atoms with Gasteiger partial charge in [0.2, 0.25) is 5.91 Å². The van der Waals surface area contributed by atoms with E-state index >= 15 is 0 Å². The summed E-state index contributed by atoms with van der Waals surface area (Å²) in [4.78, 5) is 17.0. The van der Waals surface area contributed by atoms with E-state index in [-0.39, 0.29) is 29.6 Å². The number of piperazine rings is 1. The Morgan fingerprint density at radius 2 is 1.65 bits per heavy atom. The van der Waals surface area contributed by atoms with Crippen LogP contribution in [0, 0.1) is 5.41 Å². The van der Waals surface area contributed by atoms with Crippen LogP contribution < -0.4 is 10.4 Å². The maximum Gasteiger partial charge on any atom is 0.494 e. The fourth-order valence-corrected chi connectivity index (χ4v) is 6.00. The molecule has 0 N–H and O–H groups in total. The second kappa shape index (κ2) is 6.95. The molecule has 0 radical (unpaired) electrons. The van der Waals surface area contributed by atoms with Gasteiger partial charge >= 0.3 is 7.12 Å². The first-order chi connectivity index (χ1) is 14.6. The molecule has 6 rings (SSSR count). The summed E-state index contributed by atoms with van der Waals surface area (Å²) in [5, 5.41) is 0. The van der Waals surface area contributed by atoms with Crippen molar-refractivity contribution in [2.24, 2.45) is 5.41 Å². The van der Waals surface area contributed by atoms with E-state index in [4.69, 9.17) is 9.31 Å². The van der Waals surface area contributed by atoms with E-state index in [2.05, 4.69) is 56.9 Å². The Morgan fingerprint density at radius 3 is 2.19 bits per heavy atom. The zero-order chi connectivity index (χ0) is 22.1. The molecule has 1 unspecified atom stereocenters. The first kappa shape index (κ1) is 21.3. The molecule has 0 aromatic heterocycles. The van der Waals surface area contributed by atoms with Crippen LogP contribution in [0.15, 0.2) is 24.3 Å². The first-order valence-electron chi connectivity index (χ1n) is 11.8. The number of alkyl halides is 1. The number of hydrogen-bond acceptors (Lipinski definition) is 4. The van der Waals surface area contributed by atoms with Crippen LogP contribution in [0.3, 0.4) is 0 Å². The van der Waals surface area contributed by atoms with Gasteiger partial charge in [-0.3, -0.25) is 4.79 Å². The SMILES string of the molecule is CCCC1(C)OB(c2ccc(N3CCN(C(=O)C45CC(F)(C4)C5)CC3)cc2)OC1(C)C. The molecule has 5 nitrogen and oxygen atoms in total. The lowest BCUT2D eigenvalue weighted by molar-refractivity contribution is -0.222. The van der Waals surface area contributed by atoms with Crippen LogP contribution in [-0.2, 0) is 14.1 Å². The predicted octanol–water partition coefficient (Wildman–Crippen LogP) is 3.31. The van der Waals surface area contributed by atoms with Crippen molar-refractivity contribution in [3.63, 3.8) is 0 Å². The van der Waals surface area contributed by atoms with Crippen LogP contribution in [0.1, 0.15) is 59.8 Å². The van der Waals surface area contributed by atoms with Crippen LogP contribution in [0.25, 0.3) is 0 Å². The van der Waals surface area contributed by atoms with E-state index in [1.807, 2.05) is 4.90 Å². The van der Waals surface area contributed by atoms with E-state index in [0.29, 0.717) is 32.4 Å². The molecule has 5 aliphatic rings. The molecule has 1 amide bonds. The number of nitrogens with zero attached hydrogens (tertiary/aromatic N) is 2. The van der Waals surface area contributed by atoms with Gasteiger partial charge in [0.05, 0.1) is 16.6 Å². The second-order valence-electron chi connectivity index (χ2n) is 10.9. The summed E-state index contributed by atoms with van der Waals surface area (Å²) in [6.45, 7) is 11.6. The lowest BCUT2D eigenvalue weighted by atomic mass is 9.42. The monoisotopic (exact) mass is 428 g/mol. The summed E-state index contributed by atoms with van der Waals surface area (Å²) >= 11 is 0. The smallest absolute Gasteiger partial charge is 0.399 e. The van der Waals surface area contributed by atoms with Gasteiger partial charge in [-0.2, -0.15) is 0 Å². The van der Waals surface area contributed by atoms with Gasteiger partial charge in [-0.05, 0) is 64.1 Å². The third-order valence-corrected chi connectivity index (χ3v) is 8.29. The fraction of sp³-hybridized carbons (Fsp3) is 0.708. The molecule has 3 aliphatic carbocycles. The van der Waals surface area contributed by atoms with Gasteiger partial charge in [-0.15, -0.1) is 0 Å². The third-order valence-electron chi connectivity index (χ3n) is 8.29. The van der Waals surface area contributed by atoms with Crippen molar-refractivity contribution in [2.45, 2.75) is 76.7 Å². The highest BCUT2D eigenvalue weighted by Crippen LogP contribution is 2.70. The lowest BCUT2D eigenvalue weighted by Gasteiger charge is -2.65. The van der Waals surface area contributed by atoms with E-state index in [1.54, 1.807) is 0 Å². The molecule has 168 valence electrons. The Kier molecular flexibility index (Phi) is 4.77. The van der Waals surface area contributed by atoms with Crippen LogP contribution in [0.5, 0.6) is 0 Å². The largest absolute Gasteiger partial charge is 0.494 e. The van der Waals surface area contributed by atoms with Crippen LogP contribution >= 0.6 is 0 Å². The van der Waals surface area contributed by atoms with Gasteiger partial charge in [0.25, 0.3) is 0 Å². The van der Waals surface area contributed by atoms with E-state index in [9.17, 15) is 9.18 Å². The number of benzene rings is 1. The Bertz CT molecular complexity index is 848. The van der Waals surface area contributed by atoms with Gasteiger partial charge in [0.1, 0.15) is 5.67 Å². The molecule has 31 heavy (non-hydrogen) atoms. The van der Waals surface area contributed by atoms with Crippen molar-refractivity contribution >= 4 is 24.2 Å². The van der Waals surface area contributed by atoms with Crippen LogP contribution in [0.4, 0.5) is 10.1 Å². The molecule has 7 heteroatoms. The van der Waals surface area contributed by atoms with E-state index in [1.165, 1.54) is 0 Å². The normalized spacial score (nSPS) is 36.2. The molecule has 2 aliphatic heterocycles. The molecular formula is C24H34BFN2O3. The molecule has 1 aromatic carbocycles. The second-order valence-corrected chi connectivity index (χ2v) is 10.9. The van der Waals surface area contributed by atoms with Crippen molar-refractivity contribution in [2.75, 3.05) is 31.1 Å². The van der Waals surface area contributed by atoms with Crippen LogP contribution in [0.2, 0.25) is 0 Å². The Balaban J connectivity index is 1.18. The summed E-state index contributed by atoms with van der Waals surface area (Å²) in [5.74, 6) is 0.176. The minimum Gasteiger partial charge on any atom is -0.399 e. The van der Waals surface area contributed by atoms with Gasteiger partial charge < -0.3 is 19.1 Å². The zero-order valence-electron chi connectivity index (χ0n) is 19.2. The van der Waals surface area contributed by atoms with Crippen molar-refractivity contribution in [3.8, 4) is 0 Å². The van der Waals surface area contributed by atoms with Gasteiger partial charge in [-0.1, -0.05) is 25.5 Å². The summed E-state index contributed by atoms with van der Waals surface area (Å²) < 4.78 is 26.4. The molecule has 1 atom stereocenters. The highest BCUT2D eigenvalue weighted by atomic mass is 19.1. The molecule has 2 heterocycles. The molecule has 5 fully saturated rings. The number of anilines is 1. The number of amides is 1. The van der Waals surface area contributed by atoms with E-state index < -0.39 is 5.67 Å². The Hall–Kier alpha value is -1.60. The highest BCUT2D eigenvalue weighted by Gasteiger charge is 2.73.